The van der Waals surface area contributed by atoms with Gasteiger partial charge in [0.15, 0.2) is 0 Å². The molecule has 2 fully saturated rings. The van der Waals surface area contributed by atoms with Crippen molar-refractivity contribution >= 4 is 91.4 Å². The Morgan fingerprint density at radius 2 is 0.763 bits per heavy atom. The lowest BCUT2D eigenvalue weighted by Crippen LogP contribution is -2.55. The number of nitrogens with one attached hydrogen (secondary N) is 9. The zero-order valence-electron chi connectivity index (χ0n) is 76.0. The Morgan fingerprint density at radius 3 is 1.15 bits per heavy atom. The van der Waals surface area contributed by atoms with Crippen molar-refractivity contribution in [1.29, 1.82) is 0 Å². The monoisotopic (exact) mass is 1830 g/mol. The average molecular weight is 1830 g/mol. The highest BCUT2D eigenvalue weighted by molar-refractivity contribution is 5.99. The predicted molar refractivity (Wildman–Crippen MR) is 509 cm³/mol. The second-order valence-electron chi connectivity index (χ2n) is 34.0. The zero-order chi connectivity index (χ0) is 93.7. The molecule has 2 saturated heterocycles. The van der Waals surface area contributed by atoms with Crippen LogP contribution in [0.25, 0.3) is 112 Å². The summed E-state index contributed by atoms with van der Waals surface area (Å²) >= 11 is 0. The first-order chi connectivity index (χ1) is 65.7. The quantitative estimate of drug-likeness (QED) is 0.0160. The summed E-state index contributed by atoms with van der Waals surface area (Å²) in [5, 5.41) is 31.8. The molecule has 6 aromatic heterocycles. The van der Waals surface area contributed by atoms with Crippen LogP contribution in [0, 0.1) is 0 Å². The zero-order valence-corrected chi connectivity index (χ0v) is 76.0. The van der Waals surface area contributed by atoms with Gasteiger partial charge in [-0.2, -0.15) is 0 Å². The first kappa shape index (κ1) is 93.6. The number of aromatic amines is 4. The minimum atomic E-state index is -0.808. The maximum Gasteiger partial charge on any atom is 0.251 e. The molecule has 37 nitrogen and oxygen atoms in total. The molecule has 0 spiro atoms. The molecule has 37 heteroatoms. The molecule has 2 aliphatic rings. The predicted octanol–water partition coefficient (Wildman–Crippen LogP) is 8.25. The third-order valence-electron chi connectivity index (χ3n) is 23.6. The van der Waals surface area contributed by atoms with E-state index in [-0.39, 0.29) is 107 Å². The van der Waals surface area contributed by atoms with E-state index >= 15 is 0 Å². The number of amides is 8. The number of likely N-dealkylation sites (N-methyl/N-ethyl adjacent to an activating group) is 2. The highest BCUT2D eigenvalue weighted by Crippen LogP contribution is 2.34. The number of nitrogens with zero attached hydrogens (tertiary/aromatic N) is 15. The number of hydrogen-bond donors (Lipinski definition) is 10. The van der Waals surface area contributed by atoms with Crippen LogP contribution < -0.4 is 32.3 Å². The lowest BCUT2D eigenvalue weighted by molar-refractivity contribution is -0.149. The summed E-state index contributed by atoms with van der Waals surface area (Å²) in [6, 6.07) is 52.2. The van der Waals surface area contributed by atoms with Crippen LogP contribution in [0.5, 0.6) is 0 Å². The highest BCUT2D eigenvalue weighted by Gasteiger charge is 2.43. The molecule has 0 aliphatic carbocycles. The molecule has 14 aromatic rings. The summed E-state index contributed by atoms with van der Waals surface area (Å²) in [5.74, 6) is 0.526. The summed E-state index contributed by atoms with van der Waals surface area (Å²) in [4.78, 5) is 148. The van der Waals surface area contributed by atoms with E-state index in [0.717, 1.165) is 102 Å². The van der Waals surface area contributed by atoms with Gasteiger partial charge in [0.1, 0.15) is 46.8 Å². The largest absolute Gasteiger partial charge is 0.377 e. The lowest BCUT2D eigenvalue weighted by atomic mass is 10.0. The van der Waals surface area contributed by atoms with Crippen molar-refractivity contribution in [3.63, 3.8) is 0 Å². The average Bonchev–Trinajstić information content (AvgIpc) is 1.65. The fourth-order valence-electron chi connectivity index (χ4n) is 16.5. The van der Waals surface area contributed by atoms with Crippen LogP contribution in [-0.2, 0) is 64.4 Å². The van der Waals surface area contributed by atoms with Crippen LogP contribution in [-0.4, -0.2) is 300 Å². The number of primary amides is 1. The molecule has 2 atom stereocenters. The van der Waals surface area contributed by atoms with E-state index < -0.39 is 18.0 Å². The van der Waals surface area contributed by atoms with E-state index in [1.54, 1.807) is 55.8 Å². The van der Waals surface area contributed by atoms with Crippen molar-refractivity contribution in [2.45, 2.75) is 76.9 Å². The first-order valence-electron chi connectivity index (χ1n) is 45.5. The maximum absolute atomic E-state index is 14.3. The molecule has 2 aliphatic heterocycles. The van der Waals surface area contributed by atoms with Gasteiger partial charge in [-0.25, -0.2) is 19.9 Å². The number of carbonyl (C=O) groups is 8. The number of likely N-dealkylation sites (tertiary alicyclic amines) is 2. The second-order valence-corrected chi connectivity index (χ2v) is 34.0. The smallest absolute Gasteiger partial charge is 0.251 e. The third-order valence-corrected chi connectivity index (χ3v) is 23.6. The van der Waals surface area contributed by atoms with Gasteiger partial charge < -0.3 is 95.7 Å². The molecule has 8 aromatic carbocycles. The Balaban J connectivity index is 0.389. The van der Waals surface area contributed by atoms with E-state index in [9.17, 15) is 38.4 Å². The van der Waals surface area contributed by atoms with E-state index in [0.29, 0.717) is 161 Å². The summed E-state index contributed by atoms with van der Waals surface area (Å²) in [7, 11) is 7.86. The molecular weight excluding hydrogens is 1720 g/mol. The molecule has 16 rings (SSSR count). The van der Waals surface area contributed by atoms with Gasteiger partial charge >= 0.3 is 0 Å². The van der Waals surface area contributed by atoms with Crippen LogP contribution in [0.15, 0.2) is 182 Å². The SMILES string of the molecule is CN(C)CCNC(=O)c1ccc(-c2nc3ccc(-c4ccc5nc(-c6ccc(C(=O)NCCOCCOCc7cn(CCCNCC(=O)N8CCC[C@H]8C(=O)N8CCC[C@H]8C(=O)N(CCCn8cc(COCCOCCNC(=O)c9ccc(-c%10nc%11ccc(-c%12ccc%13nc(-c%14ccc(C(=O)NCCN(C)C)cc%14)[nH]c%13c%12)cc%11[nH]%10)cc9)nn8)CC(N)=O)nn7)cc6)[nH]c5c4)cc3[nH]2)cc1. The van der Waals surface area contributed by atoms with Crippen LogP contribution in [0.4, 0.5) is 0 Å². The molecule has 700 valence electrons. The van der Waals surface area contributed by atoms with Crippen molar-refractivity contribution < 1.29 is 57.3 Å². The molecule has 11 N–H and O–H groups in total. The van der Waals surface area contributed by atoms with E-state index in [1.807, 2.05) is 159 Å². The molecule has 135 heavy (non-hydrogen) atoms. The number of nitrogens with two attached hydrogens (primary N) is 1. The number of aromatic nitrogens is 14. The second kappa shape index (κ2) is 44.8. The van der Waals surface area contributed by atoms with Crippen LogP contribution in [0.3, 0.4) is 0 Å². The molecule has 0 bridgehead atoms. The molecule has 8 amide bonds. The van der Waals surface area contributed by atoms with E-state index in [2.05, 4.69) is 91.4 Å². The minimum Gasteiger partial charge on any atom is -0.377 e. The van der Waals surface area contributed by atoms with Gasteiger partial charge in [-0.1, -0.05) is 83.2 Å². The Labute approximate surface area is 778 Å². The molecule has 0 saturated carbocycles. The lowest BCUT2D eigenvalue weighted by Gasteiger charge is -2.33. The number of aryl methyl sites for hydroxylation is 2. The van der Waals surface area contributed by atoms with Gasteiger partial charge in [-0.05, 0) is 193 Å². The summed E-state index contributed by atoms with van der Waals surface area (Å²) in [6.07, 6.45) is 6.71. The van der Waals surface area contributed by atoms with Gasteiger partial charge in [-0.15, -0.1) is 10.2 Å². The number of carbonyl (C=O) groups excluding carboxylic acids is 8. The maximum atomic E-state index is 14.3. The standard InChI is InChI=1S/C98H111N25O12/c1-117(2)45-36-101-93(126)67-19-11-63(12-20-67)89-105-77-31-27-71(53-81(77)109-89)73-29-33-79-83(55-73)111-91(107-79)65-15-23-69(24-16-65)95(128)103-38-47-132-49-51-134-61-75-58-120(115-113-75)41-7-35-100-57-88(125)122-43-5-10-86(122)98(131)123-44-6-9-85(123)97(130)119(60-87(99)124)40-8-42-121-59-76(114-116-121)62-135-52-50-133-48-39-104-96(129)70-25-17-66(18-26-70)92-108-80-34-30-74(56-84(80)112-92)72-28-32-78-82(54-72)110-90(106-78)64-13-21-68(22-14-64)94(127)102-37-46-118(3)4/h11-34,53-56,58-59,85-86,100H,5-10,35-52,57,60-62H2,1-4H3,(H2,99,124)(H,101,126)(H,102,127)(H,103,128)(H,104,129)(H,105,109)(H,106,110)(H,107,111)(H,108,112)/t85-,86-/m0/s1. The number of fused-ring (bicyclic) bond motifs is 4. The fraction of sp³-hybridized carbons (Fsp3) is 0.347. The number of benzene rings is 8. The van der Waals surface area contributed by atoms with Crippen LogP contribution in [0.1, 0.15) is 91.3 Å². The van der Waals surface area contributed by atoms with Crippen molar-refractivity contribution in [2.24, 2.45) is 5.73 Å². The van der Waals surface area contributed by atoms with Gasteiger partial charge in [0.2, 0.25) is 23.6 Å². The number of rotatable bonds is 46. The highest BCUT2D eigenvalue weighted by atomic mass is 16.5. The van der Waals surface area contributed by atoms with E-state index in [4.69, 9.17) is 44.6 Å². The van der Waals surface area contributed by atoms with Crippen LogP contribution in [0.2, 0.25) is 0 Å². The Kier molecular flexibility index (Phi) is 31.0. The molecule has 8 heterocycles. The molecule has 0 radical (unpaired) electrons. The molecule has 0 unspecified atom stereocenters. The first-order valence-corrected chi connectivity index (χ1v) is 45.5. The third kappa shape index (κ3) is 24.5. The van der Waals surface area contributed by atoms with Crippen LogP contribution >= 0.6 is 0 Å². The summed E-state index contributed by atoms with van der Waals surface area (Å²) < 4.78 is 26.4. The number of hydrogen-bond acceptors (Lipinski definition) is 23. The summed E-state index contributed by atoms with van der Waals surface area (Å²) in [5.41, 5.74) is 23.2. The van der Waals surface area contributed by atoms with Gasteiger partial charge in [0.25, 0.3) is 23.6 Å². The Morgan fingerprint density at radius 1 is 0.407 bits per heavy atom. The molecular formula is C98H111N25O12. The van der Waals surface area contributed by atoms with Crippen molar-refractivity contribution in [2.75, 3.05) is 146 Å². The van der Waals surface area contributed by atoms with E-state index in [1.165, 1.54) is 4.90 Å². The van der Waals surface area contributed by atoms with Crippen molar-refractivity contribution in [3.05, 3.63) is 216 Å². The van der Waals surface area contributed by atoms with Gasteiger partial charge in [-0.3, -0.25) is 47.7 Å². The van der Waals surface area contributed by atoms with Crippen molar-refractivity contribution in [1.82, 2.24) is 121 Å². The topological polar surface area (TPSA) is 452 Å². The van der Waals surface area contributed by atoms with Gasteiger partial charge in [0.05, 0.1) is 122 Å². The van der Waals surface area contributed by atoms with Crippen molar-refractivity contribution in [3.8, 4) is 67.8 Å². The van der Waals surface area contributed by atoms with Gasteiger partial charge in [0, 0.05) is 116 Å². The normalized spacial score (nSPS) is 13.9. The fourth-order valence-corrected chi connectivity index (χ4v) is 16.5. The number of ether oxygens (including phenoxy) is 4. The number of H-pyrrole nitrogens is 4. The Hall–Kier alpha value is -14.6. The Bertz CT molecular complexity index is 6480. The number of imidazole rings is 4. The minimum absolute atomic E-state index is 0.0262. The summed E-state index contributed by atoms with van der Waals surface area (Å²) in [6.45, 7) is 7.39.